The lowest BCUT2D eigenvalue weighted by Crippen LogP contribution is -2.46. The van der Waals surface area contributed by atoms with Gasteiger partial charge in [-0.3, -0.25) is 32.5 Å². The smallest absolute Gasteiger partial charge is 0.386 e. The molecule has 0 aliphatic carbocycles. The third-order valence-electron chi connectivity index (χ3n) is 8.20. The Kier molecular flexibility index (Phi) is 15.4. The Hall–Kier alpha value is -2.90. The summed E-state index contributed by atoms with van der Waals surface area (Å²) in [6.45, 7) is 2.38. The van der Waals surface area contributed by atoms with Crippen LogP contribution in [0.5, 0.6) is 0 Å². The number of carbonyl (C=O) groups is 3. The number of aliphatic hydroxyl groups excluding tert-OH is 2. The number of amides is 2. The predicted octanol–water partition coefficient (Wildman–Crippen LogP) is -1.21. The number of rotatable bonds is 20. The van der Waals surface area contributed by atoms with Crippen molar-refractivity contribution in [2.45, 2.75) is 63.9 Å². The molecule has 9 unspecified atom stereocenters. The van der Waals surface area contributed by atoms with Crippen molar-refractivity contribution in [3.63, 3.8) is 0 Å². The summed E-state index contributed by atoms with van der Waals surface area (Å²) < 4.78 is 62.1. The molecular formula is C27H43N8O17P3S. The van der Waals surface area contributed by atoms with Gasteiger partial charge >= 0.3 is 23.5 Å². The Bertz CT molecular complexity index is 1920. The average Bonchev–Trinajstić information content (AvgIpc) is 3.81. The highest BCUT2D eigenvalue weighted by molar-refractivity contribution is 8.13. The number of carbonyl (C=O) groups excluding carboxylic acids is 3. The van der Waals surface area contributed by atoms with Gasteiger partial charge in [0.25, 0.3) is 0 Å². The maximum Gasteiger partial charge on any atom is 0.481 e. The van der Waals surface area contributed by atoms with E-state index in [1.807, 2.05) is 13.0 Å². The predicted molar refractivity (Wildman–Crippen MR) is 192 cm³/mol. The first kappa shape index (κ1) is 45.8. The van der Waals surface area contributed by atoms with Crippen LogP contribution in [0.3, 0.4) is 0 Å². The van der Waals surface area contributed by atoms with Gasteiger partial charge in [-0.05, 0) is 6.20 Å². The molecule has 0 bridgehead atoms. The van der Waals surface area contributed by atoms with E-state index in [1.165, 1.54) is 13.8 Å². The summed E-state index contributed by atoms with van der Waals surface area (Å²) in [5, 5.41) is 29.3. The molecule has 1 fully saturated rings. The number of nitrogens with two attached hydrogens (primary N) is 1. The fraction of sp³-hybridized carbons (Fsp3) is 0.630. The van der Waals surface area contributed by atoms with E-state index in [-0.39, 0.29) is 53.6 Å². The highest BCUT2D eigenvalue weighted by atomic mass is 32.2. The third-order valence-corrected chi connectivity index (χ3v) is 12.2. The molecule has 2 amide bonds. The summed E-state index contributed by atoms with van der Waals surface area (Å²) in [6.07, 6.45) is -3.33. The topological polar surface area (TPSA) is 376 Å². The minimum absolute atomic E-state index is 0.0299. The SMILES string of the molecule is CC1C=CNC1C(=O)SCCNC(=O)CCNC(=O)C(O)C(C)(C)COP(=O)(O)OP(=O)(O)OCC1OC(n2cnc3c(N)ncnc32)C(O)C1OP(=O)(O)O. The van der Waals surface area contributed by atoms with Crippen LogP contribution in [0.2, 0.25) is 0 Å². The monoisotopic (exact) mass is 876 g/mol. The van der Waals surface area contributed by atoms with Gasteiger partial charge < -0.3 is 56.2 Å². The molecule has 2 aromatic rings. The first-order valence-corrected chi connectivity index (χ1v) is 22.0. The Morgan fingerprint density at radius 3 is 2.45 bits per heavy atom. The summed E-state index contributed by atoms with van der Waals surface area (Å²) in [5.41, 5.74) is 4.26. The van der Waals surface area contributed by atoms with Crippen molar-refractivity contribution < 1.29 is 80.5 Å². The summed E-state index contributed by atoms with van der Waals surface area (Å²) in [5.74, 6) is -1.07. The molecule has 2 aliphatic rings. The third kappa shape index (κ3) is 12.5. The number of hydrogen-bond acceptors (Lipinski definition) is 19. The first-order chi connectivity index (χ1) is 26.0. The van der Waals surface area contributed by atoms with Crippen LogP contribution < -0.4 is 21.7 Å². The van der Waals surface area contributed by atoms with Gasteiger partial charge in [-0.1, -0.05) is 38.6 Å². The number of fused-ring (bicyclic) bond motifs is 1. The molecule has 4 rings (SSSR count). The number of nitrogens with one attached hydrogen (secondary N) is 3. The second-order valence-electron chi connectivity index (χ2n) is 13.1. The number of phosphoric ester groups is 3. The number of nitrogens with zero attached hydrogens (tertiary/aromatic N) is 4. The van der Waals surface area contributed by atoms with E-state index in [2.05, 4.69) is 39.7 Å². The molecule has 0 radical (unpaired) electrons. The van der Waals surface area contributed by atoms with Crippen LogP contribution in [0, 0.1) is 11.3 Å². The number of imidazole rings is 1. The molecule has 4 heterocycles. The van der Waals surface area contributed by atoms with Crippen molar-refractivity contribution >= 4 is 69.1 Å². The maximum atomic E-state index is 12.7. The van der Waals surface area contributed by atoms with Crippen LogP contribution >= 0.6 is 35.2 Å². The molecule has 29 heteroatoms. The van der Waals surface area contributed by atoms with Gasteiger partial charge in [-0.15, -0.1) is 0 Å². The second-order valence-corrected chi connectivity index (χ2v) is 18.4. The summed E-state index contributed by atoms with van der Waals surface area (Å²) >= 11 is 1.07. The lowest BCUT2D eigenvalue weighted by atomic mass is 9.87. The molecule has 314 valence electrons. The zero-order valence-corrected chi connectivity index (χ0v) is 33.4. The van der Waals surface area contributed by atoms with E-state index in [9.17, 15) is 57.9 Å². The number of aliphatic hydroxyl groups is 2. The van der Waals surface area contributed by atoms with E-state index in [1.54, 1.807) is 6.20 Å². The fourth-order valence-electron chi connectivity index (χ4n) is 5.23. The molecule has 1 saturated heterocycles. The van der Waals surface area contributed by atoms with Gasteiger partial charge in [0.05, 0.1) is 19.5 Å². The van der Waals surface area contributed by atoms with Crippen molar-refractivity contribution in [2.24, 2.45) is 11.3 Å². The lowest BCUT2D eigenvalue weighted by molar-refractivity contribution is -0.137. The lowest BCUT2D eigenvalue weighted by Gasteiger charge is -2.30. The van der Waals surface area contributed by atoms with Crippen molar-refractivity contribution in [3.8, 4) is 0 Å². The second kappa shape index (κ2) is 18.8. The summed E-state index contributed by atoms with van der Waals surface area (Å²) in [7, 11) is -16.4. The molecule has 0 saturated carbocycles. The quantitative estimate of drug-likeness (QED) is 0.0551. The summed E-state index contributed by atoms with van der Waals surface area (Å²) in [6, 6.07) is -0.326. The molecule has 9 atom stereocenters. The first-order valence-electron chi connectivity index (χ1n) is 16.5. The average molecular weight is 877 g/mol. The van der Waals surface area contributed by atoms with Gasteiger partial charge in [-0.2, -0.15) is 4.31 Å². The van der Waals surface area contributed by atoms with Gasteiger partial charge in [-0.25, -0.2) is 28.6 Å². The van der Waals surface area contributed by atoms with Gasteiger partial charge in [0.1, 0.15) is 42.3 Å². The van der Waals surface area contributed by atoms with Crippen molar-refractivity contribution in [1.82, 2.24) is 35.5 Å². The Balaban J connectivity index is 1.23. The highest BCUT2D eigenvalue weighted by Gasteiger charge is 2.50. The Morgan fingerprint density at radius 2 is 1.79 bits per heavy atom. The van der Waals surface area contributed by atoms with E-state index < -0.39 is 84.6 Å². The number of phosphoric acid groups is 3. The van der Waals surface area contributed by atoms with Crippen LogP contribution in [0.1, 0.15) is 33.4 Å². The number of nitrogen functional groups attached to an aromatic ring is 1. The van der Waals surface area contributed by atoms with Gasteiger partial charge in [0.2, 0.25) is 16.9 Å². The molecule has 2 aliphatic heterocycles. The zero-order chi connectivity index (χ0) is 41.6. The van der Waals surface area contributed by atoms with E-state index in [0.29, 0.717) is 5.75 Å². The number of hydrogen-bond donors (Lipinski definition) is 10. The van der Waals surface area contributed by atoms with Crippen molar-refractivity contribution in [2.75, 3.05) is 37.8 Å². The molecule has 11 N–H and O–H groups in total. The van der Waals surface area contributed by atoms with Gasteiger partial charge in [0, 0.05) is 36.6 Å². The highest BCUT2D eigenvalue weighted by Crippen LogP contribution is 2.61. The standard InChI is InChI=1S/C27H43N8O17P3S/c1-14-4-6-30-17(14)26(40)56-9-8-29-16(36)5-7-31-24(39)21(38)27(2,3)11-49-55(46,47)52-54(44,45)48-10-15-20(51-53(41,42)43)19(37)25(50-15)35-13-34-18-22(28)32-12-33-23(18)35/h4,6,12-15,17,19-21,25,30,37-38H,5,7-11H2,1-3H3,(H,29,36)(H,31,39)(H,44,45)(H,46,47)(H2,28,32,33)(H2,41,42,43). The minimum atomic E-state index is -5.57. The minimum Gasteiger partial charge on any atom is -0.386 e. The maximum absolute atomic E-state index is 12.7. The Morgan fingerprint density at radius 1 is 1.09 bits per heavy atom. The normalized spacial score (nSPS) is 25.3. The van der Waals surface area contributed by atoms with Crippen molar-refractivity contribution in [1.29, 1.82) is 0 Å². The van der Waals surface area contributed by atoms with Crippen molar-refractivity contribution in [3.05, 3.63) is 24.9 Å². The molecule has 0 spiro atoms. The van der Waals surface area contributed by atoms with E-state index in [0.717, 1.165) is 29.0 Å². The molecule has 0 aromatic carbocycles. The molecule has 25 nitrogen and oxygen atoms in total. The van der Waals surface area contributed by atoms with E-state index in [4.69, 9.17) is 19.5 Å². The summed E-state index contributed by atoms with van der Waals surface area (Å²) in [4.78, 5) is 87.9. The van der Waals surface area contributed by atoms with E-state index >= 15 is 0 Å². The van der Waals surface area contributed by atoms with Crippen LogP contribution in [0.15, 0.2) is 24.9 Å². The number of aromatic nitrogens is 4. The fourth-order valence-corrected chi connectivity index (χ4v) is 8.92. The number of thioether (sulfide) groups is 1. The Labute approximate surface area is 322 Å². The van der Waals surface area contributed by atoms with Gasteiger partial charge in [0.15, 0.2) is 17.7 Å². The zero-order valence-electron chi connectivity index (χ0n) is 29.9. The van der Waals surface area contributed by atoms with Crippen LogP contribution in [-0.2, 0) is 50.7 Å². The van der Waals surface area contributed by atoms with Crippen LogP contribution in [0.25, 0.3) is 11.2 Å². The molecule has 2 aromatic heterocycles. The number of ether oxygens (including phenoxy) is 1. The van der Waals surface area contributed by atoms with Crippen LogP contribution in [0.4, 0.5) is 5.82 Å². The molecular weight excluding hydrogens is 833 g/mol. The van der Waals surface area contributed by atoms with Crippen LogP contribution in [-0.4, -0.2) is 129 Å². The number of anilines is 1. The molecule has 56 heavy (non-hydrogen) atoms. The largest absolute Gasteiger partial charge is 0.481 e.